The molecule has 0 amide bonds. The van der Waals surface area contributed by atoms with Crippen molar-refractivity contribution in [1.82, 2.24) is 0 Å². The van der Waals surface area contributed by atoms with Crippen LogP contribution in [-0.2, 0) is 43.5 Å². The van der Waals surface area contributed by atoms with E-state index in [1.54, 1.807) is 7.11 Å². The van der Waals surface area contributed by atoms with E-state index in [1.807, 2.05) is 54.6 Å². The smallest absolute Gasteiger partial charge is 0.186 e. The van der Waals surface area contributed by atoms with Crippen LogP contribution in [0, 0.1) is 0 Å². The normalized spacial score (nSPS) is 20.4. The first-order chi connectivity index (χ1) is 25.7. The van der Waals surface area contributed by atoms with Crippen molar-refractivity contribution >= 4 is 23.2 Å². The molecular formula is C46H46O5P+. The van der Waals surface area contributed by atoms with Crippen LogP contribution in [0.5, 0.6) is 0 Å². The molecule has 1 fully saturated rings. The molecule has 0 radical (unpaired) electrons. The number of benzene rings is 6. The Bertz CT molecular complexity index is 1800. The Morgan fingerprint density at radius 3 is 1.12 bits per heavy atom. The van der Waals surface area contributed by atoms with Crippen molar-refractivity contribution in [3.05, 3.63) is 199 Å². The maximum atomic E-state index is 7.12. The van der Waals surface area contributed by atoms with E-state index in [9.17, 15) is 0 Å². The van der Waals surface area contributed by atoms with E-state index in [1.165, 1.54) is 15.9 Å². The lowest BCUT2D eigenvalue weighted by molar-refractivity contribution is -0.313. The fourth-order valence-electron chi connectivity index (χ4n) is 7.16. The molecule has 6 aromatic rings. The van der Waals surface area contributed by atoms with E-state index < -0.39 is 38.0 Å². The van der Waals surface area contributed by atoms with Gasteiger partial charge in [-0.15, -0.1) is 0 Å². The Morgan fingerprint density at radius 1 is 0.423 bits per heavy atom. The van der Waals surface area contributed by atoms with Gasteiger partial charge < -0.3 is 23.7 Å². The minimum absolute atomic E-state index is 0.380. The number of methoxy groups -OCH3 is 1. The highest BCUT2D eigenvalue weighted by Gasteiger charge is 2.55. The number of ether oxygens (including phenoxy) is 5. The summed E-state index contributed by atoms with van der Waals surface area (Å²) in [7, 11) is -0.647. The average Bonchev–Trinajstić information content (AvgIpc) is 3.23. The summed E-state index contributed by atoms with van der Waals surface area (Å²) >= 11 is 0. The second kappa shape index (κ2) is 17.9. The number of hydrogen-bond acceptors (Lipinski definition) is 5. The number of rotatable bonds is 15. The molecule has 0 spiro atoms. The quantitative estimate of drug-likeness (QED) is 0.101. The van der Waals surface area contributed by atoms with E-state index >= 15 is 0 Å². The maximum absolute atomic E-state index is 7.12. The predicted molar refractivity (Wildman–Crippen MR) is 211 cm³/mol. The van der Waals surface area contributed by atoms with Gasteiger partial charge in [-0.3, -0.25) is 0 Å². The van der Waals surface area contributed by atoms with Crippen LogP contribution in [-0.4, -0.2) is 44.0 Å². The second-order valence-electron chi connectivity index (χ2n) is 13.1. The fraction of sp³-hybridized carbons (Fsp3) is 0.217. The molecule has 1 heterocycles. The third kappa shape index (κ3) is 8.43. The molecule has 7 rings (SSSR count). The van der Waals surface area contributed by atoms with Crippen LogP contribution in [0.4, 0.5) is 0 Å². The average molecular weight is 710 g/mol. The van der Waals surface area contributed by atoms with Gasteiger partial charge in [0.1, 0.15) is 53.8 Å². The molecule has 0 bridgehead atoms. The lowest BCUT2D eigenvalue weighted by Crippen LogP contribution is -2.62. The van der Waals surface area contributed by atoms with Gasteiger partial charge in [0.15, 0.2) is 6.29 Å². The third-order valence-corrected chi connectivity index (χ3v) is 14.2. The van der Waals surface area contributed by atoms with Crippen LogP contribution in [0.2, 0.25) is 0 Å². The zero-order chi connectivity index (χ0) is 35.4. The predicted octanol–water partition coefficient (Wildman–Crippen LogP) is 8.11. The van der Waals surface area contributed by atoms with Gasteiger partial charge in [-0.05, 0) is 53.1 Å². The van der Waals surface area contributed by atoms with Gasteiger partial charge in [0, 0.05) is 7.11 Å². The van der Waals surface area contributed by atoms with E-state index in [-0.39, 0.29) is 0 Å². The Balaban J connectivity index is 1.34. The van der Waals surface area contributed by atoms with Crippen LogP contribution < -0.4 is 15.9 Å². The molecule has 0 saturated carbocycles. The monoisotopic (exact) mass is 709 g/mol. The highest BCUT2D eigenvalue weighted by molar-refractivity contribution is 7.95. The minimum atomic E-state index is -2.34. The molecule has 6 heteroatoms. The first-order valence-electron chi connectivity index (χ1n) is 17.9. The summed E-state index contributed by atoms with van der Waals surface area (Å²) in [5.74, 6) is 0. The van der Waals surface area contributed by atoms with E-state index in [2.05, 4.69) is 127 Å². The summed E-state index contributed by atoms with van der Waals surface area (Å²) in [6.45, 7) is 1.17. The van der Waals surface area contributed by atoms with Gasteiger partial charge in [0.25, 0.3) is 0 Å². The summed E-state index contributed by atoms with van der Waals surface area (Å²) in [5, 5.41) is 3.82. The van der Waals surface area contributed by atoms with Crippen LogP contribution >= 0.6 is 7.26 Å². The topological polar surface area (TPSA) is 46.2 Å². The van der Waals surface area contributed by atoms with Crippen LogP contribution in [0.25, 0.3) is 0 Å². The van der Waals surface area contributed by atoms with Crippen molar-refractivity contribution in [2.24, 2.45) is 0 Å². The van der Waals surface area contributed by atoms with Crippen LogP contribution in [0.1, 0.15) is 16.7 Å². The lowest BCUT2D eigenvalue weighted by atomic mass is 9.98. The largest absolute Gasteiger partial charge is 0.368 e. The van der Waals surface area contributed by atoms with Crippen molar-refractivity contribution < 1.29 is 23.7 Å². The summed E-state index contributed by atoms with van der Waals surface area (Å²) in [4.78, 5) is 0. The van der Waals surface area contributed by atoms with E-state index in [4.69, 9.17) is 23.7 Å². The zero-order valence-corrected chi connectivity index (χ0v) is 30.4. The molecule has 264 valence electrons. The van der Waals surface area contributed by atoms with Gasteiger partial charge in [0.05, 0.1) is 19.8 Å². The highest BCUT2D eigenvalue weighted by atomic mass is 31.2. The van der Waals surface area contributed by atoms with Crippen molar-refractivity contribution in [1.29, 1.82) is 0 Å². The first-order valence-corrected chi connectivity index (χ1v) is 19.9. The number of hydrogen-bond donors (Lipinski definition) is 0. The summed E-state index contributed by atoms with van der Waals surface area (Å²) in [5.41, 5.74) is 3.21. The Hall–Kier alpha value is -4.45. The third-order valence-electron chi connectivity index (χ3n) is 9.72. The van der Waals surface area contributed by atoms with Crippen LogP contribution in [0.15, 0.2) is 182 Å². The lowest BCUT2D eigenvalue weighted by Gasteiger charge is -2.46. The molecule has 5 atom stereocenters. The van der Waals surface area contributed by atoms with Crippen LogP contribution in [0.3, 0.4) is 0 Å². The Labute approximate surface area is 308 Å². The molecule has 1 aliphatic rings. The zero-order valence-electron chi connectivity index (χ0n) is 29.5. The molecule has 1 saturated heterocycles. The molecule has 0 aromatic heterocycles. The fourth-order valence-corrected chi connectivity index (χ4v) is 11.6. The minimum Gasteiger partial charge on any atom is -0.368 e. The van der Waals surface area contributed by atoms with Gasteiger partial charge in [-0.2, -0.15) is 0 Å². The second-order valence-corrected chi connectivity index (χ2v) is 16.6. The standard InChI is InChI=1S/C46H46O5P/c1-47-46-45(50-34-38-24-12-4-13-25-38)44(49-33-37-22-10-3-11-23-37)43(48-32-36-20-8-2-9-21-36)42(51-46)35-52(39-26-14-5-15-27-39,40-28-16-6-17-29-40)41-30-18-7-19-31-41/h2-31,42-46H,32-35H2,1H3/q+1/t42?,43-,44?,45?,46-/m0/s1. The van der Waals surface area contributed by atoms with Crippen molar-refractivity contribution in [3.8, 4) is 0 Å². The van der Waals surface area contributed by atoms with Crippen molar-refractivity contribution in [2.75, 3.05) is 13.3 Å². The first kappa shape index (κ1) is 35.9. The molecule has 6 aromatic carbocycles. The maximum Gasteiger partial charge on any atom is 0.186 e. The molecule has 0 N–H and O–H groups in total. The molecule has 5 nitrogen and oxygen atoms in total. The Kier molecular flexibility index (Phi) is 12.3. The molecule has 1 aliphatic heterocycles. The van der Waals surface area contributed by atoms with E-state index in [0.717, 1.165) is 16.7 Å². The molecular weight excluding hydrogens is 663 g/mol. The molecule has 0 aliphatic carbocycles. The van der Waals surface area contributed by atoms with Gasteiger partial charge in [-0.25, -0.2) is 0 Å². The van der Waals surface area contributed by atoms with Gasteiger partial charge in [-0.1, -0.05) is 146 Å². The molecule has 52 heavy (non-hydrogen) atoms. The SMILES string of the molecule is CO[C@H]1OC(C[P+](c2ccccc2)(c2ccccc2)c2ccccc2)[C@H](OCc2ccccc2)C(OCc2ccccc2)C1OCc1ccccc1. The molecule has 3 unspecified atom stereocenters. The van der Waals surface area contributed by atoms with Gasteiger partial charge in [0.2, 0.25) is 0 Å². The van der Waals surface area contributed by atoms with Crippen molar-refractivity contribution in [2.45, 2.75) is 50.5 Å². The highest BCUT2D eigenvalue weighted by Crippen LogP contribution is 2.57. The van der Waals surface area contributed by atoms with Crippen molar-refractivity contribution in [3.63, 3.8) is 0 Å². The van der Waals surface area contributed by atoms with Gasteiger partial charge >= 0.3 is 0 Å². The summed E-state index contributed by atoms with van der Waals surface area (Å²) in [6.07, 6.45) is -2.02. The summed E-state index contributed by atoms with van der Waals surface area (Å²) < 4.78 is 34.0. The van der Waals surface area contributed by atoms with E-state index in [0.29, 0.717) is 26.0 Å². The Morgan fingerprint density at radius 2 is 0.750 bits per heavy atom. The summed E-state index contributed by atoms with van der Waals surface area (Å²) in [6, 6.07) is 63.4.